The molecule has 0 fully saturated rings. The molecule has 0 aromatic rings. The van der Waals surface area contributed by atoms with Gasteiger partial charge in [-0.1, -0.05) is 0 Å². The minimum atomic E-state index is -0.0622. The van der Waals surface area contributed by atoms with Gasteiger partial charge in [0.25, 0.3) is 0 Å². The fraction of sp³-hybridized carbons (Fsp3) is 0.400. The fourth-order valence-electron chi connectivity index (χ4n) is 0.310. The first-order chi connectivity index (χ1) is 3.66. The Labute approximate surface area is 54.4 Å². The van der Waals surface area contributed by atoms with Crippen LogP contribution in [0.25, 0.3) is 0 Å². The maximum atomic E-state index is 10.2. The zero-order valence-electron chi connectivity index (χ0n) is 4.93. The van der Waals surface area contributed by atoms with Crippen molar-refractivity contribution in [3.63, 3.8) is 0 Å². The molecule has 0 atom stereocenters. The zero-order chi connectivity index (χ0) is 6.57. The van der Waals surface area contributed by atoms with Crippen LogP contribution in [-0.2, 0) is 4.79 Å². The van der Waals surface area contributed by atoms with Gasteiger partial charge in [-0.2, -0.15) is 0 Å². The van der Waals surface area contributed by atoms with Crippen molar-refractivity contribution in [1.82, 2.24) is 5.32 Å². The summed E-state index contributed by atoms with van der Waals surface area (Å²) in [4.78, 5) is 10.2. The number of nitrogens with one attached hydrogen (secondary N) is 1. The molecule has 2 nitrogen and oxygen atoms in total. The molecule has 0 aliphatic carbocycles. The van der Waals surface area contributed by atoms with E-state index in [-0.39, 0.29) is 5.91 Å². The van der Waals surface area contributed by atoms with Gasteiger partial charge in [-0.3, -0.25) is 4.79 Å². The van der Waals surface area contributed by atoms with E-state index in [2.05, 4.69) is 17.9 Å². The van der Waals surface area contributed by atoms with Crippen molar-refractivity contribution in [3.8, 4) is 0 Å². The Morgan fingerprint density at radius 1 is 1.62 bits per heavy atom. The monoisotopic (exact) mass is 131 g/mol. The van der Waals surface area contributed by atoms with E-state index in [1.807, 2.05) is 0 Å². The van der Waals surface area contributed by atoms with E-state index in [1.165, 1.54) is 6.92 Å². The Kier molecular flexibility index (Phi) is 3.35. The quantitative estimate of drug-likeness (QED) is 0.509. The number of hydrogen-bond donors (Lipinski definition) is 2. The molecule has 0 unspecified atom stereocenters. The van der Waals surface area contributed by atoms with Crippen LogP contribution in [0.3, 0.4) is 0 Å². The van der Waals surface area contributed by atoms with Crippen LogP contribution in [-0.4, -0.2) is 5.91 Å². The molecule has 0 rings (SSSR count). The lowest BCUT2D eigenvalue weighted by atomic mass is 10.5. The van der Waals surface area contributed by atoms with Crippen LogP contribution in [0.15, 0.2) is 11.1 Å². The minimum absolute atomic E-state index is 0.0622. The molecule has 0 heterocycles. The molecule has 0 bridgehead atoms. The number of hydrogen-bond acceptors (Lipinski definition) is 2. The average Bonchev–Trinajstić information content (AvgIpc) is 1.65. The van der Waals surface area contributed by atoms with Gasteiger partial charge in [0.1, 0.15) is 0 Å². The van der Waals surface area contributed by atoms with E-state index >= 15 is 0 Å². The molecule has 0 saturated heterocycles. The first kappa shape index (κ1) is 7.56. The highest BCUT2D eigenvalue weighted by Gasteiger charge is 1.87. The molecular weight excluding hydrogens is 122 g/mol. The Morgan fingerprint density at radius 2 is 2.12 bits per heavy atom. The maximum Gasteiger partial charge on any atom is 0.221 e. The van der Waals surface area contributed by atoms with Gasteiger partial charge >= 0.3 is 0 Å². The van der Waals surface area contributed by atoms with Crippen LogP contribution in [0.5, 0.6) is 0 Å². The zero-order valence-corrected chi connectivity index (χ0v) is 5.83. The van der Waals surface area contributed by atoms with E-state index in [0.29, 0.717) is 0 Å². The second-order valence-corrected chi connectivity index (χ2v) is 1.75. The lowest BCUT2D eigenvalue weighted by molar-refractivity contribution is -0.118. The standard InChI is InChI=1S/C5H9NOS/c1-4(3-8)6-5(2)7/h3,8H,1-2H3,(H,6,7)/b4-3+. The highest BCUT2D eigenvalue weighted by molar-refractivity contribution is 7.83. The molecule has 0 aliphatic heterocycles. The molecule has 3 heteroatoms. The largest absolute Gasteiger partial charge is 0.330 e. The van der Waals surface area contributed by atoms with Gasteiger partial charge in [0.15, 0.2) is 0 Å². The van der Waals surface area contributed by atoms with Crippen molar-refractivity contribution in [2.45, 2.75) is 13.8 Å². The number of amides is 1. The Bertz CT molecular complexity index is 120. The van der Waals surface area contributed by atoms with Crippen molar-refractivity contribution >= 4 is 18.5 Å². The van der Waals surface area contributed by atoms with Crippen molar-refractivity contribution < 1.29 is 4.79 Å². The molecule has 0 aromatic carbocycles. The Morgan fingerprint density at radius 3 is 2.25 bits per heavy atom. The van der Waals surface area contributed by atoms with Gasteiger partial charge in [-0.15, -0.1) is 12.6 Å². The molecule has 8 heavy (non-hydrogen) atoms. The van der Waals surface area contributed by atoms with Crippen LogP contribution in [0.1, 0.15) is 13.8 Å². The van der Waals surface area contributed by atoms with E-state index in [1.54, 1.807) is 12.3 Å². The second kappa shape index (κ2) is 3.55. The smallest absolute Gasteiger partial charge is 0.221 e. The highest BCUT2D eigenvalue weighted by atomic mass is 32.1. The van der Waals surface area contributed by atoms with E-state index in [9.17, 15) is 4.79 Å². The molecule has 1 N–H and O–H groups in total. The molecule has 0 aromatic heterocycles. The first-order valence-electron chi connectivity index (χ1n) is 2.25. The van der Waals surface area contributed by atoms with Crippen LogP contribution < -0.4 is 5.32 Å². The van der Waals surface area contributed by atoms with Crippen molar-refractivity contribution in [3.05, 3.63) is 11.1 Å². The second-order valence-electron chi connectivity index (χ2n) is 1.49. The van der Waals surface area contributed by atoms with Gasteiger partial charge in [0.05, 0.1) is 0 Å². The predicted molar refractivity (Wildman–Crippen MR) is 36.6 cm³/mol. The third-order valence-corrected chi connectivity index (χ3v) is 0.954. The Balaban J connectivity index is 3.56. The third-order valence-electron chi connectivity index (χ3n) is 0.567. The summed E-state index contributed by atoms with van der Waals surface area (Å²) in [7, 11) is 0. The summed E-state index contributed by atoms with van der Waals surface area (Å²) < 4.78 is 0. The summed E-state index contributed by atoms with van der Waals surface area (Å²) in [6, 6.07) is 0. The molecule has 0 aliphatic rings. The summed E-state index contributed by atoms with van der Waals surface area (Å²) in [5.41, 5.74) is 0.765. The van der Waals surface area contributed by atoms with Gasteiger partial charge in [0, 0.05) is 12.6 Å². The van der Waals surface area contributed by atoms with E-state index < -0.39 is 0 Å². The average molecular weight is 131 g/mol. The minimum Gasteiger partial charge on any atom is -0.330 e. The number of carbonyl (C=O) groups excluding carboxylic acids is 1. The van der Waals surface area contributed by atoms with E-state index in [0.717, 1.165) is 5.70 Å². The summed E-state index contributed by atoms with van der Waals surface area (Å²) in [5, 5.41) is 4.08. The first-order valence-corrected chi connectivity index (χ1v) is 2.77. The van der Waals surface area contributed by atoms with Crippen molar-refractivity contribution in [1.29, 1.82) is 0 Å². The van der Waals surface area contributed by atoms with Crippen molar-refractivity contribution in [2.75, 3.05) is 0 Å². The van der Waals surface area contributed by atoms with Gasteiger partial charge in [-0.25, -0.2) is 0 Å². The lowest BCUT2D eigenvalue weighted by Gasteiger charge is -1.96. The lowest BCUT2D eigenvalue weighted by Crippen LogP contribution is -2.16. The Hall–Kier alpha value is -0.440. The summed E-state index contributed by atoms with van der Waals surface area (Å²) >= 11 is 3.81. The molecule has 46 valence electrons. The third kappa shape index (κ3) is 3.74. The molecule has 0 spiro atoms. The summed E-state index contributed by atoms with van der Waals surface area (Å²) in [5.74, 6) is -0.0622. The van der Waals surface area contributed by atoms with Crippen LogP contribution in [0.2, 0.25) is 0 Å². The fourth-order valence-corrected chi connectivity index (χ4v) is 0.374. The van der Waals surface area contributed by atoms with Gasteiger partial charge in [0.2, 0.25) is 5.91 Å². The van der Waals surface area contributed by atoms with Gasteiger partial charge in [-0.05, 0) is 12.3 Å². The number of carbonyl (C=O) groups is 1. The summed E-state index contributed by atoms with van der Waals surface area (Å²) in [6.07, 6.45) is 0. The number of rotatable bonds is 1. The summed E-state index contributed by atoms with van der Waals surface area (Å²) in [6.45, 7) is 3.23. The van der Waals surface area contributed by atoms with Gasteiger partial charge < -0.3 is 5.32 Å². The normalized spacial score (nSPS) is 11.1. The van der Waals surface area contributed by atoms with E-state index in [4.69, 9.17) is 0 Å². The maximum absolute atomic E-state index is 10.2. The topological polar surface area (TPSA) is 29.1 Å². The SMILES string of the molecule is CC(=O)N/C(C)=C/S. The molecule has 0 radical (unpaired) electrons. The van der Waals surface area contributed by atoms with Crippen LogP contribution in [0.4, 0.5) is 0 Å². The molecule has 0 saturated carbocycles. The predicted octanol–water partition coefficient (Wildman–Crippen LogP) is 0.914. The molecule has 1 amide bonds. The number of thiol groups is 1. The van der Waals surface area contributed by atoms with Crippen molar-refractivity contribution in [2.24, 2.45) is 0 Å². The van der Waals surface area contributed by atoms with Crippen LogP contribution in [0, 0.1) is 0 Å². The van der Waals surface area contributed by atoms with Crippen LogP contribution >= 0.6 is 12.6 Å². The number of allylic oxidation sites excluding steroid dienone is 1. The molecular formula is C5H9NOS. The highest BCUT2D eigenvalue weighted by Crippen LogP contribution is 1.86.